The molecule has 0 saturated carbocycles. The van der Waals surface area contributed by atoms with E-state index in [9.17, 15) is 9.90 Å². The number of aliphatic hydroxyl groups is 1. The third-order valence-corrected chi connectivity index (χ3v) is 4.36. The zero-order chi connectivity index (χ0) is 17.9. The fourth-order valence-electron chi connectivity index (χ4n) is 2.97. The number of carbonyl (C=O) groups is 1. The van der Waals surface area contributed by atoms with E-state index in [1.165, 1.54) is 0 Å². The Labute approximate surface area is 150 Å². The van der Waals surface area contributed by atoms with Crippen molar-refractivity contribution in [3.63, 3.8) is 0 Å². The highest BCUT2D eigenvalue weighted by atomic mass is 16.3. The molecule has 1 aromatic heterocycles. The number of benzene rings is 3. The summed E-state index contributed by atoms with van der Waals surface area (Å²) in [6.45, 7) is 0.203. The normalized spacial score (nSPS) is 12.3. The van der Waals surface area contributed by atoms with E-state index in [4.69, 9.17) is 0 Å². The minimum atomic E-state index is -0.768. The molecule has 4 aromatic rings. The number of para-hydroxylation sites is 1. The van der Waals surface area contributed by atoms with Crippen LogP contribution in [0.5, 0.6) is 0 Å². The SMILES string of the molecule is O=C(Cn1nnc2ccccc21)NC[C@@H](O)c1ccc2ccccc2c1. The molecule has 26 heavy (non-hydrogen) atoms. The predicted octanol–water partition coefficient (Wildman–Crippen LogP) is 2.43. The number of hydrogen-bond acceptors (Lipinski definition) is 4. The van der Waals surface area contributed by atoms with Crippen molar-refractivity contribution < 1.29 is 9.90 Å². The smallest absolute Gasteiger partial charge is 0.241 e. The molecule has 4 rings (SSSR count). The van der Waals surface area contributed by atoms with Gasteiger partial charge < -0.3 is 10.4 Å². The van der Waals surface area contributed by atoms with Gasteiger partial charge in [0.2, 0.25) is 5.91 Å². The molecule has 130 valence electrons. The van der Waals surface area contributed by atoms with Crippen LogP contribution in [-0.4, -0.2) is 32.6 Å². The second kappa shape index (κ2) is 6.93. The zero-order valence-electron chi connectivity index (χ0n) is 14.0. The molecule has 0 aliphatic rings. The van der Waals surface area contributed by atoms with Crippen molar-refractivity contribution >= 4 is 27.7 Å². The molecule has 0 spiro atoms. The Kier molecular flexibility index (Phi) is 4.33. The van der Waals surface area contributed by atoms with Gasteiger partial charge in [0.05, 0.1) is 11.6 Å². The van der Waals surface area contributed by atoms with Crippen LogP contribution in [0.1, 0.15) is 11.7 Å². The Morgan fingerprint density at radius 3 is 2.69 bits per heavy atom. The van der Waals surface area contributed by atoms with E-state index in [0.29, 0.717) is 0 Å². The van der Waals surface area contributed by atoms with Crippen molar-refractivity contribution in [3.05, 3.63) is 72.3 Å². The van der Waals surface area contributed by atoms with E-state index in [1.807, 2.05) is 66.7 Å². The first kappa shape index (κ1) is 16.2. The molecular weight excluding hydrogens is 328 g/mol. The van der Waals surface area contributed by atoms with Gasteiger partial charge in [0, 0.05) is 6.54 Å². The lowest BCUT2D eigenvalue weighted by Crippen LogP contribution is -2.31. The van der Waals surface area contributed by atoms with Crippen LogP contribution in [0.25, 0.3) is 21.8 Å². The van der Waals surface area contributed by atoms with E-state index < -0.39 is 6.10 Å². The highest BCUT2D eigenvalue weighted by molar-refractivity contribution is 5.83. The van der Waals surface area contributed by atoms with Gasteiger partial charge in [-0.1, -0.05) is 53.7 Å². The molecule has 6 nitrogen and oxygen atoms in total. The topological polar surface area (TPSA) is 80.0 Å². The summed E-state index contributed by atoms with van der Waals surface area (Å²) in [7, 11) is 0. The Balaban J connectivity index is 1.40. The van der Waals surface area contributed by atoms with E-state index >= 15 is 0 Å². The number of fused-ring (bicyclic) bond motifs is 2. The summed E-state index contributed by atoms with van der Waals surface area (Å²) in [4.78, 5) is 12.2. The number of aliphatic hydroxyl groups excluding tert-OH is 1. The summed E-state index contributed by atoms with van der Waals surface area (Å²) >= 11 is 0. The van der Waals surface area contributed by atoms with Gasteiger partial charge in [-0.15, -0.1) is 5.10 Å². The number of nitrogens with zero attached hydrogens (tertiary/aromatic N) is 3. The van der Waals surface area contributed by atoms with Crippen molar-refractivity contribution in [1.29, 1.82) is 0 Å². The summed E-state index contributed by atoms with van der Waals surface area (Å²) in [5, 5.41) is 23.3. The van der Waals surface area contributed by atoms with Crippen LogP contribution in [-0.2, 0) is 11.3 Å². The summed E-state index contributed by atoms with van der Waals surface area (Å²) < 4.78 is 1.55. The Morgan fingerprint density at radius 2 is 1.81 bits per heavy atom. The lowest BCUT2D eigenvalue weighted by Gasteiger charge is -2.13. The molecule has 0 bridgehead atoms. The fraction of sp³-hybridized carbons (Fsp3) is 0.150. The highest BCUT2D eigenvalue weighted by Gasteiger charge is 2.12. The van der Waals surface area contributed by atoms with Gasteiger partial charge in [-0.25, -0.2) is 4.68 Å². The van der Waals surface area contributed by atoms with E-state index in [2.05, 4.69) is 15.6 Å². The van der Waals surface area contributed by atoms with Gasteiger partial charge >= 0.3 is 0 Å². The van der Waals surface area contributed by atoms with Crippen LogP contribution in [0.2, 0.25) is 0 Å². The molecular formula is C20H18N4O2. The lowest BCUT2D eigenvalue weighted by molar-refractivity contribution is -0.122. The molecule has 2 N–H and O–H groups in total. The van der Waals surface area contributed by atoms with Crippen LogP contribution in [0.3, 0.4) is 0 Å². The largest absolute Gasteiger partial charge is 0.387 e. The van der Waals surface area contributed by atoms with Gasteiger partial charge in [-0.3, -0.25) is 4.79 Å². The number of hydrogen-bond donors (Lipinski definition) is 2. The molecule has 0 radical (unpaired) electrons. The Morgan fingerprint density at radius 1 is 1.04 bits per heavy atom. The number of rotatable bonds is 5. The van der Waals surface area contributed by atoms with Gasteiger partial charge in [0.1, 0.15) is 12.1 Å². The van der Waals surface area contributed by atoms with Crippen molar-refractivity contribution in [2.24, 2.45) is 0 Å². The first-order valence-electron chi connectivity index (χ1n) is 8.42. The average molecular weight is 346 g/mol. The van der Waals surface area contributed by atoms with Crippen molar-refractivity contribution in [2.45, 2.75) is 12.6 Å². The fourth-order valence-corrected chi connectivity index (χ4v) is 2.97. The quantitative estimate of drug-likeness (QED) is 0.582. The van der Waals surface area contributed by atoms with Crippen molar-refractivity contribution in [3.8, 4) is 0 Å². The van der Waals surface area contributed by atoms with Crippen LogP contribution >= 0.6 is 0 Å². The Hall–Kier alpha value is -3.25. The standard InChI is InChI=1S/C20H18N4O2/c25-19(16-10-9-14-5-1-2-6-15(14)11-16)12-21-20(26)13-24-18-8-4-3-7-17(18)22-23-24/h1-11,19,25H,12-13H2,(H,21,26)/t19-/m1/s1. The van der Waals surface area contributed by atoms with E-state index in [0.717, 1.165) is 27.4 Å². The molecule has 1 heterocycles. The summed E-state index contributed by atoms with van der Waals surface area (Å²) in [5.74, 6) is -0.222. The van der Waals surface area contributed by atoms with Gasteiger partial charge in [0.25, 0.3) is 0 Å². The van der Waals surface area contributed by atoms with Crippen LogP contribution in [0, 0.1) is 0 Å². The first-order chi connectivity index (χ1) is 12.7. The maximum absolute atomic E-state index is 12.2. The number of carbonyl (C=O) groups excluding carboxylic acids is 1. The maximum Gasteiger partial charge on any atom is 0.241 e. The number of amides is 1. The molecule has 0 fully saturated rings. The molecule has 6 heteroatoms. The molecule has 0 unspecified atom stereocenters. The van der Waals surface area contributed by atoms with Crippen molar-refractivity contribution in [1.82, 2.24) is 20.3 Å². The van der Waals surface area contributed by atoms with Gasteiger partial charge in [-0.05, 0) is 34.5 Å². The second-order valence-corrected chi connectivity index (χ2v) is 6.16. The maximum atomic E-state index is 12.2. The van der Waals surface area contributed by atoms with Crippen LogP contribution < -0.4 is 5.32 Å². The number of aromatic nitrogens is 3. The van der Waals surface area contributed by atoms with E-state index in [1.54, 1.807) is 4.68 Å². The summed E-state index contributed by atoms with van der Waals surface area (Å²) in [6.07, 6.45) is -0.768. The molecule has 0 saturated heterocycles. The minimum absolute atomic E-state index is 0.0605. The third-order valence-electron chi connectivity index (χ3n) is 4.36. The Bertz CT molecular complexity index is 1070. The lowest BCUT2D eigenvalue weighted by atomic mass is 10.0. The zero-order valence-corrected chi connectivity index (χ0v) is 14.0. The van der Waals surface area contributed by atoms with Gasteiger partial charge in [0.15, 0.2) is 0 Å². The highest BCUT2D eigenvalue weighted by Crippen LogP contribution is 2.20. The summed E-state index contributed by atoms with van der Waals surface area (Å²) in [5.41, 5.74) is 2.32. The van der Waals surface area contributed by atoms with Crippen LogP contribution in [0.15, 0.2) is 66.7 Å². The molecule has 0 aliphatic carbocycles. The third kappa shape index (κ3) is 3.27. The average Bonchev–Trinajstić information content (AvgIpc) is 3.08. The van der Waals surface area contributed by atoms with Crippen molar-refractivity contribution in [2.75, 3.05) is 6.54 Å². The minimum Gasteiger partial charge on any atom is -0.387 e. The first-order valence-corrected chi connectivity index (χ1v) is 8.42. The predicted molar refractivity (Wildman–Crippen MR) is 99.4 cm³/mol. The molecule has 3 aromatic carbocycles. The molecule has 1 amide bonds. The molecule has 1 atom stereocenters. The summed E-state index contributed by atoms with van der Waals surface area (Å²) in [6, 6.07) is 21.2. The van der Waals surface area contributed by atoms with E-state index in [-0.39, 0.29) is 19.0 Å². The molecule has 0 aliphatic heterocycles. The van der Waals surface area contributed by atoms with Gasteiger partial charge in [-0.2, -0.15) is 0 Å². The number of nitrogens with one attached hydrogen (secondary N) is 1. The second-order valence-electron chi connectivity index (χ2n) is 6.16. The van der Waals surface area contributed by atoms with Crippen LogP contribution in [0.4, 0.5) is 0 Å². The monoisotopic (exact) mass is 346 g/mol.